The van der Waals surface area contributed by atoms with Gasteiger partial charge in [0.05, 0.1) is 6.04 Å². The van der Waals surface area contributed by atoms with Crippen molar-refractivity contribution in [2.45, 2.75) is 12.7 Å². The van der Waals surface area contributed by atoms with Crippen molar-refractivity contribution >= 4 is 5.91 Å². The van der Waals surface area contributed by atoms with Crippen LogP contribution < -0.4 is 10.1 Å². The van der Waals surface area contributed by atoms with Crippen LogP contribution in [-0.2, 0) is 0 Å². The van der Waals surface area contributed by atoms with Crippen molar-refractivity contribution in [1.29, 1.82) is 0 Å². The average Bonchev–Trinajstić information content (AvgIpc) is 2.67. The minimum absolute atomic E-state index is 0.0328. The van der Waals surface area contributed by atoms with Gasteiger partial charge in [0.2, 0.25) is 0 Å². The number of alkyl halides is 2. The maximum absolute atomic E-state index is 13.1. The topological polar surface area (TPSA) is 38.3 Å². The van der Waals surface area contributed by atoms with Crippen molar-refractivity contribution in [2.75, 3.05) is 0 Å². The summed E-state index contributed by atoms with van der Waals surface area (Å²) in [5.41, 5.74) is 1.82. The molecule has 27 heavy (non-hydrogen) atoms. The summed E-state index contributed by atoms with van der Waals surface area (Å²) >= 11 is 0. The van der Waals surface area contributed by atoms with Gasteiger partial charge in [-0.15, -0.1) is 0 Å². The zero-order valence-corrected chi connectivity index (χ0v) is 14.1. The molecule has 1 atom stereocenters. The molecule has 6 heteroatoms. The van der Waals surface area contributed by atoms with Crippen molar-refractivity contribution in [3.8, 4) is 5.75 Å². The van der Waals surface area contributed by atoms with Gasteiger partial charge in [-0.25, -0.2) is 4.39 Å². The molecule has 1 N–H and O–H groups in total. The molecule has 0 unspecified atom stereocenters. The lowest BCUT2D eigenvalue weighted by molar-refractivity contribution is -0.0498. The second-order valence-electron chi connectivity index (χ2n) is 5.77. The Bertz CT molecular complexity index is 882. The molecular formula is C21H16F3NO2. The largest absolute Gasteiger partial charge is 0.435 e. The standard InChI is InChI=1S/C21H16F3NO2/c22-17-10-6-16(7-11-17)20(26)25-19(14-4-2-1-3-5-14)15-8-12-18(13-9-15)27-21(23)24/h1-13,19,21H,(H,25,26)/t19-/m0/s1. The van der Waals surface area contributed by atoms with Gasteiger partial charge in [0.25, 0.3) is 5.91 Å². The SMILES string of the molecule is O=C(N[C@@H](c1ccccc1)c1ccc(OC(F)F)cc1)c1ccc(F)cc1. The number of carbonyl (C=O) groups is 1. The minimum atomic E-state index is -2.90. The van der Waals surface area contributed by atoms with E-state index in [1.165, 1.54) is 36.4 Å². The van der Waals surface area contributed by atoms with Gasteiger partial charge < -0.3 is 10.1 Å². The number of benzene rings is 3. The van der Waals surface area contributed by atoms with Crippen LogP contribution in [0.1, 0.15) is 27.5 Å². The first-order chi connectivity index (χ1) is 13.0. The first-order valence-corrected chi connectivity index (χ1v) is 8.19. The van der Waals surface area contributed by atoms with Gasteiger partial charge >= 0.3 is 6.61 Å². The highest BCUT2D eigenvalue weighted by Crippen LogP contribution is 2.25. The van der Waals surface area contributed by atoms with E-state index >= 15 is 0 Å². The summed E-state index contributed by atoms with van der Waals surface area (Å²) in [6.07, 6.45) is 0. The number of hydrogen-bond donors (Lipinski definition) is 1. The second-order valence-corrected chi connectivity index (χ2v) is 5.77. The summed E-state index contributed by atoms with van der Waals surface area (Å²) < 4.78 is 42.1. The Kier molecular flexibility index (Phi) is 5.76. The van der Waals surface area contributed by atoms with Gasteiger partial charge in [-0.3, -0.25) is 4.79 Å². The molecule has 0 aliphatic carbocycles. The zero-order valence-electron chi connectivity index (χ0n) is 14.1. The van der Waals surface area contributed by atoms with Crippen LogP contribution in [0.3, 0.4) is 0 Å². The van der Waals surface area contributed by atoms with Gasteiger partial charge in [0.15, 0.2) is 0 Å². The highest BCUT2D eigenvalue weighted by Gasteiger charge is 2.18. The van der Waals surface area contributed by atoms with Crippen molar-refractivity contribution in [2.24, 2.45) is 0 Å². The highest BCUT2D eigenvalue weighted by molar-refractivity contribution is 5.94. The lowest BCUT2D eigenvalue weighted by atomic mass is 9.98. The van der Waals surface area contributed by atoms with E-state index in [4.69, 9.17) is 0 Å². The van der Waals surface area contributed by atoms with Crippen LogP contribution in [0.25, 0.3) is 0 Å². The Morgan fingerprint density at radius 3 is 2.00 bits per heavy atom. The molecule has 0 spiro atoms. The zero-order chi connectivity index (χ0) is 19.2. The van der Waals surface area contributed by atoms with E-state index in [-0.39, 0.29) is 11.7 Å². The molecule has 3 rings (SSSR count). The Morgan fingerprint density at radius 2 is 1.41 bits per heavy atom. The van der Waals surface area contributed by atoms with E-state index in [0.717, 1.165) is 5.56 Å². The summed E-state index contributed by atoms with van der Waals surface area (Å²) in [6.45, 7) is -2.90. The predicted molar refractivity (Wildman–Crippen MR) is 95.2 cm³/mol. The van der Waals surface area contributed by atoms with Gasteiger partial charge in [-0.2, -0.15) is 8.78 Å². The Labute approximate surface area is 154 Å². The summed E-state index contributed by atoms with van der Waals surface area (Å²) in [5.74, 6) is -0.775. The van der Waals surface area contributed by atoms with Gasteiger partial charge in [0.1, 0.15) is 11.6 Å². The molecule has 0 bridgehead atoms. The van der Waals surface area contributed by atoms with E-state index in [9.17, 15) is 18.0 Å². The molecule has 0 aromatic heterocycles. The van der Waals surface area contributed by atoms with E-state index in [1.54, 1.807) is 12.1 Å². The Hall–Kier alpha value is -3.28. The summed E-state index contributed by atoms with van der Waals surface area (Å²) in [6, 6.07) is 20.0. The smallest absolute Gasteiger partial charge is 0.387 e. The van der Waals surface area contributed by atoms with Crippen molar-refractivity contribution in [3.05, 3.63) is 101 Å². The molecule has 1 amide bonds. The molecule has 3 nitrogen and oxygen atoms in total. The molecule has 0 saturated heterocycles. The molecular weight excluding hydrogens is 355 g/mol. The van der Waals surface area contributed by atoms with Gasteiger partial charge in [-0.05, 0) is 47.5 Å². The third-order valence-corrected chi connectivity index (χ3v) is 3.95. The number of ether oxygens (including phenoxy) is 1. The van der Waals surface area contributed by atoms with Crippen molar-refractivity contribution in [1.82, 2.24) is 5.32 Å². The fourth-order valence-electron chi connectivity index (χ4n) is 2.66. The first kappa shape index (κ1) is 18.5. The fourth-order valence-corrected chi connectivity index (χ4v) is 2.66. The number of carbonyl (C=O) groups excluding carboxylic acids is 1. The Balaban J connectivity index is 1.87. The van der Waals surface area contributed by atoms with Crippen LogP contribution >= 0.6 is 0 Å². The molecule has 0 heterocycles. The van der Waals surface area contributed by atoms with Crippen molar-refractivity contribution < 1.29 is 22.7 Å². The number of nitrogens with one attached hydrogen (secondary N) is 1. The molecule has 0 aliphatic heterocycles. The molecule has 0 saturated carbocycles. The lowest BCUT2D eigenvalue weighted by Gasteiger charge is -2.20. The van der Waals surface area contributed by atoms with Crippen LogP contribution in [0.4, 0.5) is 13.2 Å². The van der Waals surface area contributed by atoms with Gasteiger partial charge in [-0.1, -0.05) is 42.5 Å². The van der Waals surface area contributed by atoms with Crippen molar-refractivity contribution in [3.63, 3.8) is 0 Å². The fraction of sp³-hybridized carbons (Fsp3) is 0.0952. The minimum Gasteiger partial charge on any atom is -0.435 e. The third-order valence-electron chi connectivity index (χ3n) is 3.95. The average molecular weight is 371 g/mol. The number of rotatable bonds is 6. The first-order valence-electron chi connectivity index (χ1n) is 8.19. The highest BCUT2D eigenvalue weighted by atomic mass is 19.3. The van der Waals surface area contributed by atoms with Crippen LogP contribution in [0.5, 0.6) is 5.75 Å². The molecule has 138 valence electrons. The number of halogens is 3. The van der Waals surface area contributed by atoms with Gasteiger partial charge in [0, 0.05) is 5.56 Å². The normalized spacial score (nSPS) is 11.9. The molecule has 3 aromatic carbocycles. The van der Waals surface area contributed by atoms with Crippen LogP contribution in [0.15, 0.2) is 78.9 Å². The summed E-state index contributed by atoms with van der Waals surface area (Å²) in [7, 11) is 0. The molecule has 0 fully saturated rings. The number of hydrogen-bond acceptors (Lipinski definition) is 2. The lowest BCUT2D eigenvalue weighted by Crippen LogP contribution is -2.29. The van der Waals surface area contributed by atoms with E-state index in [2.05, 4.69) is 10.1 Å². The van der Waals surface area contributed by atoms with E-state index in [0.29, 0.717) is 11.1 Å². The predicted octanol–water partition coefficient (Wildman–Crippen LogP) is 4.95. The Morgan fingerprint density at radius 1 is 0.815 bits per heavy atom. The molecule has 0 radical (unpaired) electrons. The van der Waals surface area contributed by atoms with Crippen LogP contribution in [0, 0.1) is 5.82 Å². The summed E-state index contributed by atoms with van der Waals surface area (Å²) in [4.78, 5) is 12.6. The van der Waals surface area contributed by atoms with Crippen LogP contribution in [0.2, 0.25) is 0 Å². The monoisotopic (exact) mass is 371 g/mol. The second kappa shape index (κ2) is 8.40. The third kappa shape index (κ3) is 4.88. The van der Waals surface area contributed by atoms with E-state index < -0.39 is 18.5 Å². The maximum Gasteiger partial charge on any atom is 0.387 e. The maximum atomic E-state index is 13.1. The van der Waals surface area contributed by atoms with Crippen LogP contribution in [-0.4, -0.2) is 12.5 Å². The molecule has 0 aliphatic rings. The number of amides is 1. The summed E-state index contributed by atoms with van der Waals surface area (Å²) in [5, 5.41) is 2.90. The molecule has 3 aromatic rings. The quantitative estimate of drug-likeness (QED) is 0.666. The van der Waals surface area contributed by atoms with E-state index in [1.807, 2.05) is 30.3 Å².